The Labute approximate surface area is 174 Å². The number of benzene rings is 1. The Bertz CT molecular complexity index is 798. The van der Waals surface area contributed by atoms with Gasteiger partial charge in [0.05, 0.1) is 6.26 Å². The van der Waals surface area contributed by atoms with Crippen molar-refractivity contribution in [2.24, 2.45) is 0 Å². The van der Waals surface area contributed by atoms with Gasteiger partial charge in [0.2, 0.25) is 5.91 Å². The molecule has 29 heavy (non-hydrogen) atoms. The van der Waals surface area contributed by atoms with Gasteiger partial charge >= 0.3 is 0 Å². The molecule has 1 fully saturated rings. The Morgan fingerprint density at radius 2 is 1.97 bits per heavy atom. The molecule has 1 N–H and O–H groups in total. The lowest BCUT2D eigenvalue weighted by molar-refractivity contribution is -0.133. The van der Waals surface area contributed by atoms with Crippen molar-refractivity contribution < 1.29 is 18.4 Å². The van der Waals surface area contributed by atoms with E-state index in [1.54, 1.807) is 36.0 Å². The second-order valence-electron chi connectivity index (χ2n) is 6.93. The van der Waals surface area contributed by atoms with E-state index in [9.17, 15) is 14.0 Å². The third kappa shape index (κ3) is 5.76. The highest BCUT2D eigenvalue weighted by Crippen LogP contribution is 2.18. The van der Waals surface area contributed by atoms with Gasteiger partial charge in [0.15, 0.2) is 5.76 Å². The van der Waals surface area contributed by atoms with E-state index in [4.69, 9.17) is 4.42 Å². The summed E-state index contributed by atoms with van der Waals surface area (Å²) in [5.74, 6) is 0.261. The number of nitrogens with one attached hydrogen (secondary N) is 1. The van der Waals surface area contributed by atoms with Crippen molar-refractivity contribution in [3.63, 3.8) is 0 Å². The SMILES string of the molecule is CSCCC(NC(=O)c1ccco1)C(=O)N1CCCN(c2ccc(F)cc2)CC1. The van der Waals surface area contributed by atoms with E-state index in [1.165, 1.54) is 18.4 Å². The highest BCUT2D eigenvalue weighted by atomic mass is 32.2. The van der Waals surface area contributed by atoms with E-state index in [2.05, 4.69) is 10.2 Å². The summed E-state index contributed by atoms with van der Waals surface area (Å²) in [4.78, 5) is 29.5. The van der Waals surface area contributed by atoms with Crippen LogP contribution in [0.1, 0.15) is 23.4 Å². The molecular formula is C21H26FN3O3S. The van der Waals surface area contributed by atoms with Gasteiger partial charge in [-0.25, -0.2) is 4.39 Å². The van der Waals surface area contributed by atoms with Gasteiger partial charge in [-0.1, -0.05) is 0 Å². The molecule has 0 spiro atoms. The van der Waals surface area contributed by atoms with E-state index >= 15 is 0 Å². The molecule has 1 atom stereocenters. The van der Waals surface area contributed by atoms with Gasteiger partial charge in [0, 0.05) is 31.9 Å². The molecule has 0 saturated carbocycles. The number of hydrogen-bond acceptors (Lipinski definition) is 5. The minimum atomic E-state index is -0.586. The molecule has 0 radical (unpaired) electrons. The van der Waals surface area contributed by atoms with E-state index < -0.39 is 6.04 Å². The van der Waals surface area contributed by atoms with Crippen LogP contribution in [0.4, 0.5) is 10.1 Å². The molecule has 6 nitrogen and oxygen atoms in total. The topological polar surface area (TPSA) is 65.8 Å². The predicted octanol–water partition coefficient (Wildman–Crippen LogP) is 3.01. The third-order valence-corrected chi connectivity index (χ3v) is 5.60. The molecule has 1 saturated heterocycles. The van der Waals surface area contributed by atoms with Crippen LogP contribution in [0.2, 0.25) is 0 Å². The first-order valence-electron chi connectivity index (χ1n) is 9.71. The summed E-state index contributed by atoms with van der Waals surface area (Å²) in [7, 11) is 0. The lowest BCUT2D eigenvalue weighted by Crippen LogP contribution is -2.49. The second-order valence-corrected chi connectivity index (χ2v) is 7.91. The Balaban J connectivity index is 1.63. The molecule has 1 aromatic carbocycles. The fraction of sp³-hybridized carbons (Fsp3) is 0.429. The zero-order valence-corrected chi connectivity index (χ0v) is 17.3. The number of carbonyl (C=O) groups is 2. The van der Waals surface area contributed by atoms with Crippen molar-refractivity contribution >= 4 is 29.3 Å². The Hall–Kier alpha value is -2.48. The number of anilines is 1. The first-order chi connectivity index (χ1) is 14.1. The predicted molar refractivity (Wildman–Crippen MR) is 113 cm³/mol. The lowest BCUT2D eigenvalue weighted by Gasteiger charge is -2.27. The molecule has 2 heterocycles. The Morgan fingerprint density at radius 1 is 1.17 bits per heavy atom. The molecule has 2 amide bonds. The average Bonchev–Trinajstić information content (AvgIpc) is 3.16. The molecule has 2 aromatic rings. The first kappa shape index (κ1) is 21.2. The van der Waals surface area contributed by atoms with Crippen LogP contribution in [0.25, 0.3) is 0 Å². The number of furan rings is 1. The summed E-state index contributed by atoms with van der Waals surface area (Å²) in [6.45, 7) is 2.65. The summed E-state index contributed by atoms with van der Waals surface area (Å²) in [6, 6.07) is 9.06. The molecule has 0 bridgehead atoms. The molecule has 156 valence electrons. The number of amides is 2. The van der Waals surface area contributed by atoms with Gasteiger partial charge in [-0.05, 0) is 61.2 Å². The van der Waals surface area contributed by atoms with Crippen LogP contribution in [0.3, 0.4) is 0 Å². The standard InChI is InChI=1S/C21H26FN3O3S/c1-29-15-9-18(23-20(26)19-4-2-14-28-19)21(27)25-11-3-10-24(12-13-25)17-7-5-16(22)6-8-17/h2,4-8,14,18H,3,9-13,15H2,1H3,(H,23,26). The highest BCUT2D eigenvalue weighted by Gasteiger charge is 2.28. The van der Waals surface area contributed by atoms with Gasteiger partial charge in [0.1, 0.15) is 11.9 Å². The minimum absolute atomic E-state index is 0.0695. The van der Waals surface area contributed by atoms with Gasteiger partial charge in [0.25, 0.3) is 5.91 Å². The van der Waals surface area contributed by atoms with Gasteiger partial charge < -0.3 is 19.5 Å². The smallest absolute Gasteiger partial charge is 0.287 e. The van der Waals surface area contributed by atoms with Crippen LogP contribution in [0.5, 0.6) is 0 Å². The maximum atomic E-state index is 13.2. The molecule has 1 aromatic heterocycles. The molecule has 1 aliphatic rings. The van der Waals surface area contributed by atoms with Crippen LogP contribution in [-0.4, -0.2) is 60.9 Å². The van der Waals surface area contributed by atoms with Gasteiger partial charge in [-0.2, -0.15) is 11.8 Å². The maximum absolute atomic E-state index is 13.2. The minimum Gasteiger partial charge on any atom is -0.459 e. The fourth-order valence-electron chi connectivity index (χ4n) is 3.40. The number of halogens is 1. The molecule has 3 rings (SSSR count). The van der Waals surface area contributed by atoms with Crippen LogP contribution in [0.15, 0.2) is 47.1 Å². The van der Waals surface area contributed by atoms with Crippen LogP contribution < -0.4 is 10.2 Å². The van der Waals surface area contributed by atoms with E-state index in [0.717, 1.165) is 24.4 Å². The molecule has 1 unspecified atom stereocenters. The zero-order valence-electron chi connectivity index (χ0n) is 16.5. The molecular weight excluding hydrogens is 393 g/mol. The summed E-state index contributed by atoms with van der Waals surface area (Å²) in [5, 5.41) is 2.83. The normalized spacial score (nSPS) is 15.7. The third-order valence-electron chi connectivity index (χ3n) is 4.96. The van der Waals surface area contributed by atoms with Gasteiger partial charge in [-0.15, -0.1) is 0 Å². The first-order valence-corrected chi connectivity index (χ1v) is 11.1. The number of rotatable bonds is 7. The number of hydrogen-bond donors (Lipinski definition) is 1. The van der Waals surface area contributed by atoms with E-state index in [0.29, 0.717) is 26.1 Å². The maximum Gasteiger partial charge on any atom is 0.287 e. The highest BCUT2D eigenvalue weighted by molar-refractivity contribution is 7.98. The Kier molecular flexibility index (Phi) is 7.57. The second kappa shape index (κ2) is 10.3. The summed E-state index contributed by atoms with van der Waals surface area (Å²) >= 11 is 1.64. The van der Waals surface area contributed by atoms with Crippen molar-refractivity contribution in [3.8, 4) is 0 Å². The molecule has 0 aliphatic carbocycles. The summed E-state index contributed by atoms with van der Waals surface area (Å²) < 4.78 is 18.3. The van der Waals surface area contributed by atoms with Gasteiger partial charge in [-0.3, -0.25) is 9.59 Å². The van der Waals surface area contributed by atoms with Crippen LogP contribution >= 0.6 is 11.8 Å². The van der Waals surface area contributed by atoms with Crippen molar-refractivity contribution in [2.75, 3.05) is 43.1 Å². The average molecular weight is 420 g/mol. The molecule has 1 aliphatic heterocycles. The van der Waals surface area contributed by atoms with Crippen molar-refractivity contribution in [1.29, 1.82) is 0 Å². The largest absolute Gasteiger partial charge is 0.459 e. The van der Waals surface area contributed by atoms with E-state index in [1.807, 2.05) is 11.2 Å². The van der Waals surface area contributed by atoms with Crippen LogP contribution in [-0.2, 0) is 4.79 Å². The number of thioether (sulfide) groups is 1. The van der Waals surface area contributed by atoms with Crippen molar-refractivity contribution in [2.45, 2.75) is 18.9 Å². The lowest BCUT2D eigenvalue weighted by atomic mass is 10.1. The number of carbonyl (C=O) groups excluding carboxylic acids is 2. The zero-order chi connectivity index (χ0) is 20.6. The fourth-order valence-corrected chi connectivity index (χ4v) is 3.87. The quantitative estimate of drug-likeness (QED) is 0.747. The van der Waals surface area contributed by atoms with Crippen LogP contribution in [0, 0.1) is 5.82 Å². The summed E-state index contributed by atoms with van der Waals surface area (Å²) in [6.07, 6.45) is 4.78. The Morgan fingerprint density at radius 3 is 2.66 bits per heavy atom. The monoisotopic (exact) mass is 419 g/mol. The van der Waals surface area contributed by atoms with Crippen molar-refractivity contribution in [3.05, 3.63) is 54.2 Å². The van der Waals surface area contributed by atoms with Crippen molar-refractivity contribution in [1.82, 2.24) is 10.2 Å². The molecule has 8 heteroatoms. The number of nitrogens with zero attached hydrogens (tertiary/aromatic N) is 2. The summed E-state index contributed by atoms with van der Waals surface area (Å²) in [5.41, 5.74) is 0.950. The van der Waals surface area contributed by atoms with E-state index in [-0.39, 0.29) is 23.4 Å².